The third-order valence-corrected chi connectivity index (χ3v) is 2.72. The number of hydrogen-bond acceptors (Lipinski definition) is 1. The summed E-state index contributed by atoms with van der Waals surface area (Å²) < 4.78 is 0. The first-order chi connectivity index (χ1) is 9.06. The molecule has 0 aromatic heterocycles. The highest BCUT2D eigenvalue weighted by Crippen LogP contribution is 2.17. The van der Waals surface area contributed by atoms with Crippen LogP contribution in [0.15, 0.2) is 53.0 Å². The van der Waals surface area contributed by atoms with Gasteiger partial charge in [0.05, 0.1) is 0 Å². The van der Waals surface area contributed by atoms with Crippen LogP contribution in [-0.2, 0) is 4.79 Å². The van der Waals surface area contributed by atoms with Crippen molar-refractivity contribution in [2.24, 2.45) is 16.5 Å². The maximum atomic E-state index is 11.6. The molecule has 2 aromatic carbocycles. The average Bonchev–Trinajstić information content (AvgIpc) is 2.37. The largest absolute Gasteiger partial charge is 0.370 e. The Labute approximate surface area is 111 Å². The summed E-state index contributed by atoms with van der Waals surface area (Å²) in [5.74, 6) is -0.649. The van der Waals surface area contributed by atoms with Gasteiger partial charge < -0.3 is 11.5 Å². The number of nitrogens with two attached hydrogens (primary N) is 2. The molecule has 0 aliphatic heterocycles. The first kappa shape index (κ1) is 12.8. The van der Waals surface area contributed by atoms with Crippen LogP contribution in [0.4, 0.5) is 0 Å². The van der Waals surface area contributed by atoms with E-state index in [1.54, 1.807) is 13.0 Å². The van der Waals surface area contributed by atoms with Gasteiger partial charge in [-0.2, -0.15) is 4.99 Å². The van der Waals surface area contributed by atoms with Gasteiger partial charge in [0.1, 0.15) is 0 Å². The fraction of sp³-hybridized carbons (Fsp3) is 0.0667. The summed E-state index contributed by atoms with van der Waals surface area (Å²) >= 11 is 0. The number of carbonyl (C=O) groups excluding carboxylic acids is 1. The van der Waals surface area contributed by atoms with E-state index in [2.05, 4.69) is 4.99 Å². The van der Waals surface area contributed by atoms with Gasteiger partial charge in [0.15, 0.2) is 5.96 Å². The van der Waals surface area contributed by atoms with Crippen LogP contribution in [0.2, 0.25) is 0 Å². The molecule has 0 atom stereocenters. The van der Waals surface area contributed by atoms with Crippen LogP contribution in [0.1, 0.15) is 12.5 Å². The normalized spacial score (nSPS) is 11.3. The number of nitrogens with zero attached hydrogens (tertiary/aromatic N) is 1. The molecule has 0 aliphatic rings. The van der Waals surface area contributed by atoms with Gasteiger partial charge in [0.2, 0.25) is 0 Å². The van der Waals surface area contributed by atoms with E-state index < -0.39 is 5.91 Å². The van der Waals surface area contributed by atoms with Gasteiger partial charge in [-0.15, -0.1) is 0 Å². The molecule has 0 saturated carbocycles. The van der Waals surface area contributed by atoms with Crippen LogP contribution in [-0.4, -0.2) is 11.9 Å². The second-order valence-corrected chi connectivity index (χ2v) is 4.28. The number of carbonyl (C=O) groups is 1. The zero-order valence-electron chi connectivity index (χ0n) is 10.6. The molecule has 2 aromatic rings. The highest BCUT2D eigenvalue weighted by atomic mass is 16.1. The monoisotopic (exact) mass is 253 g/mol. The molecular weight excluding hydrogens is 238 g/mol. The summed E-state index contributed by atoms with van der Waals surface area (Å²) in [4.78, 5) is 15.1. The van der Waals surface area contributed by atoms with Crippen LogP contribution in [0.25, 0.3) is 16.8 Å². The lowest BCUT2D eigenvalue weighted by atomic mass is 10.1. The molecule has 0 fully saturated rings. The SMILES string of the molecule is C/C(=C\c1ccc2ccccc2c1)C(=O)N=C(N)N. The number of hydrogen-bond donors (Lipinski definition) is 2. The molecule has 4 nitrogen and oxygen atoms in total. The van der Waals surface area contributed by atoms with E-state index in [1.165, 1.54) is 0 Å². The molecule has 19 heavy (non-hydrogen) atoms. The van der Waals surface area contributed by atoms with Crippen LogP contribution in [0.5, 0.6) is 0 Å². The summed E-state index contributed by atoms with van der Waals surface area (Å²) in [6.07, 6.45) is 1.77. The average molecular weight is 253 g/mol. The fourth-order valence-electron chi connectivity index (χ4n) is 1.81. The van der Waals surface area contributed by atoms with Crippen molar-refractivity contribution in [3.63, 3.8) is 0 Å². The minimum absolute atomic E-state index is 0.226. The number of guanidine groups is 1. The van der Waals surface area contributed by atoms with Gasteiger partial charge in [0, 0.05) is 5.57 Å². The molecular formula is C15H15N3O. The number of benzene rings is 2. The van der Waals surface area contributed by atoms with E-state index in [-0.39, 0.29) is 5.96 Å². The minimum atomic E-state index is -0.423. The second kappa shape index (κ2) is 5.35. The fourth-order valence-corrected chi connectivity index (χ4v) is 1.81. The first-order valence-electron chi connectivity index (χ1n) is 5.87. The third-order valence-electron chi connectivity index (χ3n) is 2.72. The van der Waals surface area contributed by atoms with Gasteiger partial charge in [-0.25, -0.2) is 0 Å². The topological polar surface area (TPSA) is 81.5 Å². The summed E-state index contributed by atoms with van der Waals surface area (Å²) in [6, 6.07) is 14.0. The summed E-state index contributed by atoms with van der Waals surface area (Å²) in [5.41, 5.74) is 11.8. The van der Waals surface area contributed by atoms with Gasteiger partial charge in [-0.3, -0.25) is 4.79 Å². The number of rotatable bonds is 2. The summed E-state index contributed by atoms with van der Waals surface area (Å²) in [6.45, 7) is 1.68. The highest BCUT2D eigenvalue weighted by Gasteiger charge is 2.03. The molecule has 2 rings (SSSR count). The molecule has 1 amide bonds. The van der Waals surface area contributed by atoms with Crippen molar-refractivity contribution in [2.75, 3.05) is 0 Å². The van der Waals surface area contributed by atoms with E-state index in [4.69, 9.17) is 11.5 Å². The Bertz CT molecular complexity index is 683. The lowest BCUT2D eigenvalue weighted by Crippen LogP contribution is -2.24. The third kappa shape index (κ3) is 3.19. The molecule has 0 spiro atoms. The van der Waals surface area contributed by atoms with Crippen molar-refractivity contribution in [1.29, 1.82) is 0 Å². The van der Waals surface area contributed by atoms with Gasteiger partial charge >= 0.3 is 0 Å². The second-order valence-electron chi connectivity index (χ2n) is 4.28. The Morgan fingerprint density at radius 2 is 1.79 bits per heavy atom. The Kier molecular flexibility index (Phi) is 3.61. The highest BCUT2D eigenvalue weighted by molar-refractivity contribution is 6.04. The maximum absolute atomic E-state index is 11.6. The van der Waals surface area contributed by atoms with E-state index >= 15 is 0 Å². The maximum Gasteiger partial charge on any atom is 0.275 e. The van der Waals surface area contributed by atoms with Crippen LogP contribution >= 0.6 is 0 Å². The molecule has 96 valence electrons. The molecule has 4 heteroatoms. The Hall–Kier alpha value is -2.62. The van der Waals surface area contributed by atoms with E-state index in [9.17, 15) is 4.79 Å². The zero-order chi connectivity index (χ0) is 13.8. The molecule has 0 bridgehead atoms. The molecule has 4 N–H and O–H groups in total. The number of amides is 1. The van der Waals surface area contributed by atoms with Gasteiger partial charge in [0.25, 0.3) is 5.91 Å². The predicted molar refractivity (Wildman–Crippen MR) is 78.4 cm³/mol. The smallest absolute Gasteiger partial charge is 0.275 e. The van der Waals surface area contributed by atoms with Crippen molar-refractivity contribution < 1.29 is 4.79 Å². The van der Waals surface area contributed by atoms with Crippen molar-refractivity contribution in [1.82, 2.24) is 0 Å². The van der Waals surface area contributed by atoms with Crippen LogP contribution in [0, 0.1) is 0 Å². The first-order valence-corrected chi connectivity index (χ1v) is 5.87. The minimum Gasteiger partial charge on any atom is -0.370 e. The molecule has 0 radical (unpaired) electrons. The van der Waals surface area contributed by atoms with E-state index in [0.29, 0.717) is 5.57 Å². The van der Waals surface area contributed by atoms with E-state index in [1.807, 2.05) is 42.5 Å². The summed E-state index contributed by atoms with van der Waals surface area (Å²) in [5, 5.41) is 2.28. The van der Waals surface area contributed by atoms with Crippen molar-refractivity contribution in [3.05, 3.63) is 53.6 Å². The molecule has 0 unspecified atom stereocenters. The molecule has 0 aliphatic carbocycles. The van der Waals surface area contributed by atoms with Crippen LogP contribution < -0.4 is 11.5 Å². The number of fused-ring (bicyclic) bond motifs is 1. The van der Waals surface area contributed by atoms with E-state index in [0.717, 1.165) is 16.3 Å². The van der Waals surface area contributed by atoms with Crippen molar-refractivity contribution in [3.8, 4) is 0 Å². The Balaban J connectivity index is 2.34. The van der Waals surface area contributed by atoms with Gasteiger partial charge in [-0.1, -0.05) is 36.4 Å². The van der Waals surface area contributed by atoms with Gasteiger partial charge in [-0.05, 0) is 35.4 Å². The molecule has 0 heterocycles. The Morgan fingerprint density at radius 1 is 1.11 bits per heavy atom. The van der Waals surface area contributed by atoms with Crippen molar-refractivity contribution >= 4 is 28.7 Å². The lowest BCUT2D eigenvalue weighted by molar-refractivity contribution is -0.114. The quantitative estimate of drug-likeness (QED) is 0.488. The van der Waals surface area contributed by atoms with Crippen molar-refractivity contribution in [2.45, 2.75) is 6.92 Å². The number of aliphatic imine (C=N–C) groups is 1. The standard InChI is InChI=1S/C15H15N3O/c1-10(14(19)18-15(16)17)8-11-6-7-12-4-2-3-5-13(12)9-11/h2-9H,1H3,(H4,16,17,18,19)/b10-8+. The molecule has 0 saturated heterocycles. The summed E-state index contributed by atoms with van der Waals surface area (Å²) in [7, 11) is 0. The Morgan fingerprint density at radius 3 is 2.47 bits per heavy atom. The lowest BCUT2D eigenvalue weighted by Gasteiger charge is -2.01. The van der Waals surface area contributed by atoms with Crippen LogP contribution in [0.3, 0.4) is 0 Å². The predicted octanol–water partition coefficient (Wildman–Crippen LogP) is 2.04. The zero-order valence-corrected chi connectivity index (χ0v) is 10.6.